The molecule has 0 spiro atoms. The lowest BCUT2D eigenvalue weighted by molar-refractivity contribution is 0.159. The maximum Gasteiger partial charge on any atom is 0.119 e. The highest BCUT2D eigenvalue weighted by molar-refractivity contribution is 6.30. The fraction of sp³-hybridized carbons (Fsp3) is 0.625. The number of hydrazine groups is 1. The Morgan fingerprint density at radius 3 is 2.75 bits per heavy atom. The van der Waals surface area contributed by atoms with Crippen LogP contribution in [-0.4, -0.2) is 12.6 Å². The first kappa shape index (κ1) is 15.6. The van der Waals surface area contributed by atoms with Crippen LogP contribution in [0.3, 0.4) is 0 Å². The number of rotatable bonds is 6. The van der Waals surface area contributed by atoms with Gasteiger partial charge in [-0.05, 0) is 48.9 Å². The van der Waals surface area contributed by atoms with Crippen molar-refractivity contribution in [1.82, 2.24) is 5.43 Å². The van der Waals surface area contributed by atoms with E-state index in [0.29, 0.717) is 12.5 Å². The summed E-state index contributed by atoms with van der Waals surface area (Å²) in [5.74, 6) is 8.04. The van der Waals surface area contributed by atoms with Gasteiger partial charge in [0.2, 0.25) is 0 Å². The maximum absolute atomic E-state index is 5.87. The number of nitrogens with two attached hydrogens (primary N) is 1. The average molecular weight is 297 g/mol. The van der Waals surface area contributed by atoms with Crippen molar-refractivity contribution >= 4 is 11.6 Å². The van der Waals surface area contributed by atoms with E-state index in [9.17, 15) is 0 Å². The smallest absolute Gasteiger partial charge is 0.119 e. The summed E-state index contributed by atoms with van der Waals surface area (Å²) in [6.07, 6.45) is 6.45. The molecule has 1 aromatic rings. The van der Waals surface area contributed by atoms with Gasteiger partial charge < -0.3 is 4.74 Å². The van der Waals surface area contributed by atoms with Crippen LogP contribution in [0.1, 0.15) is 39.0 Å². The van der Waals surface area contributed by atoms with E-state index in [1.54, 1.807) is 0 Å². The molecule has 3 unspecified atom stereocenters. The van der Waals surface area contributed by atoms with Crippen LogP contribution < -0.4 is 16.0 Å². The molecule has 1 fully saturated rings. The van der Waals surface area contributed by atoms with Gasteiger partial charge in [-0.25, -0.2) is 0 Å². The SMILES string of the molecule is CCC1CCCC(C(COc2ccc(Cl)cc2)NN)C1. The highest BCUT2D eigenvalue weighted by atomic mass is 35.5. The topological polar surface area (TPSA) is 47.3 Å². The summed E-state index contributed by atoms with van der Waals surface area (Å²) in [6, 6.07) is 7.70. The van der Waals surface area contributed by atoms with Crippen LogP contribution in [0.4, 0.5) is 0 Å². The van der Waals surface area contributed by atoms with E-state index in [0.717, 1.165) is 16.7 Å². The Balaban J connectivity index is 1.86. The zero-order valence-corrected chi connectivity index (χ0v) is 12.9. The summed E-state index contributed by atoms with van der Waals surface area (Å²) < 4.78 is 5.83. The van der Waals surface area contributed by atoms with Crippen LogP contribution >= 0.6 is 11.6 Å². The van der Waals surface area contributed by atoms with Gasteiger partial charge in [-0.1, -0.05) is 37.8 Å². The molecular formula is C16H25ClN2O. The summed E-state index contributed by atoms with van der Waals surface area (Å²) in [7, 11) is 0. The molecule has 2 rings (SSSR count). The first-order valence-electron chi connectivity index (χ1n) is 7.57. The number of nitrogens with one attached hydrogen (secondary N) is 1. The minimum atomic E-state index is 0.222. The molecule has 112 valence electrons. The lowest BCUT2D eigenvalue weighted by atomic mass is 9.77. The van der Waals surface area contributed by atoms with E-state index in [1.807, 2.05) is 24.3 Å². The highest BCUT2D eigenvalue weighted by Gasteiger charge is 2.27. The molecule has 4 heteroatoms. The molecule has 0 bridgehead atoms. The summed E-state index contributed by atoms with van der Waals surface area (Å²) in [5.41, 5.74) is 2.95. The Morgan fingerprint density at radius 1 is 1.35 bits per heavy atom. The zero-order chi connectivity index (χ0) is 14.4. The van der Waals surface area contributed by atoms with Crippen LogP contribution in [0.2, 0.25) is 5.02 Å². The number of hydrogen-bond donors (Lipinski definition) is 2. The van der Waals surface area contributed by atoms with E-state index in [4.69, 9.17) is 22.2 Å². The third-order valence-electron chi connectivity index (χ3n) is 4.43. The molecular weight excluding hydrogens is 272 g/mol. The monoisotopic (exact) mass is 296 g/mol. The first-order valence-corrected chi connectivity index (χ1v) is 7.95. The Kier molecular flexibility index (Phi) is 6.14. The van der Waals surface area contributed by atoms with Crippen LogP contribution in [0.5, 0.6) is 5.75 Å². The molecule has 0 amide bonds. The fourth-order valence-corrected chi connectivity index (χ4v) is 3.23. The molecule has 1 aliphatic carbocycles. The predicted octanol–water partition coefficient (Wildman–Crippen LogP) is 3.77. The van der Waals surface area contributed by atoms with Crippen molar-refractivity contribution in [3.63, 3.8) is 0 Å². The van der Waals surface area contributed by atoms with Gasteiger partial charge in [-0.15, -0.1) is 0 Å². The molecule has 0 aliphatic heterocycles. The summed E-state index contributed by atoms with van der Waals surface area (Å²) in [4.78, 5) is 0. The molecule has 1 aliphatic rings. The van der Waals surface area contributed by atoms with Gasteiger partial charge in [0.25, 0.3) is 0 Å². The maximum atomic E-state index is 5.87. The second-order valence-electron chi connectivity index (χ2n) is 5.74. The van der Waals surface area contributed by atoms with Crippen molar-refractivity contribution in [2.75, 3.05) is 6.61 Å². The second kappa shape index (κ2) is 7.87. The predicted molar refractivity (Wildman–Crippen MR) is 83.8 cm³/mol. The van der Waals surface area contributed by atoms with Crippen LogP contribution in [-0.2, 0) is 0 Å². The third-order valence-corrected chi connectivity index (χ3v) is 4.68. The van der Waals surface area contributed by atoms with Gasteiger partial charge in [-0.2, -0.15) is 0 Å². The van der Waals surface area contributed by atoms with E-state index in [-0.39, 0.29) is 6.04 Å². The molecule has 0 heterocycles. The standard InChI is InChI=1S/C16H25ClN2O/c1-2-12-4-3-5-13(10-12)16(19-18)11-20-15-8-6-14(17)7-9-15/h6-9,12-13,16,19H,2-5,10-11,18H2,1H3. The summed E-state index contributed by atoms with van der Waals surface area (Å²) in [6.45, 7) is 2.89. The number of hydrogen-bond acceptors (Lipinski definition) is 3. The molecule has 3 nitrogen and oxygen atoms in total. The fourth-order valence-electron chi connectivity index (χ4n) is 3.11. The highest BCUT2D eigenvalue weighted by Crippen LogP contribution is 2.33. The van der Waals surface area contributed by atoms with Gasteiger partial charge in [0.05, 0.1) is 6.04 Å². The minimum absolute atomic E-state index is 0.222. The van der Waals surface area contributed by atoms with Crippen molar-refractivity contribution in [3.8, 4) is 5.75 Å². The molecule has 0 radical (unpaired) electrons. The van der Waals surface area contributed by atoms with Crippen molar-refractivity contribution in [1.29, 1.82) is 0 Å². The summed E-state index contributed by atoms with van der Waals surface area (Å²) in [5, 5.41) is 0.726. The zero-order valence-electron chi connectivity index (χ0n) is 12.1. The largest absolute Gasteiger partial charge is 0.492 e. The van der Waals surface area contributed by atoms with E-state index >= 15 is 0 Å². The third kappa shape index (κ3) is 4.37. The van der Waals surface area contributed by atoms with Gasteiger partial charge in [0.15, 0.2) is 0 Å². The molecule has 3 atom stereocenters. The van der Waals surface area contributed by atoms with Crippen molar-refractivity contribution < 1.29 is 4.74 Å². The lowest BCUT2D eigenvalue weighted by Gasteiger charge is -2.33. The molecule has 0 aromatic heterocycles. The Labute approximate surface area is 126 Å². The molecule has 3 N–H and O–H groups in total. The quantitative estimate of drug-likeness (QED) is 0.620. The van der Waals surface area contributed by atoms with Crippen molar-refractivity contribution in [2.45, 2.75) is 45.1 Å². The molecule has 20 heavy (non-hydrogen) atoms. The molecule has 1 aromatic carbocycles. The van der Waals surface area contributed by atoms with Crippen LogP contribution in [0.25, 0.3) is 0 Å². The van der Waals surface area contributed by atoms with Gasteiger partial charge in [0.1, 0.15) is 12.4 Å². The Morgan fingerprint density at radius 2 is 2.10 bits per heavy atom. The summed E-state index contributed by atoms with van der Waals surface area (Å²) >= 11 is 5.87. The Bertz CT molecular complexity index is 396. The van der Waals surface area contributed by atoms with Gasteiger partial charge >= 0.3 is 0 Å². The first-order chi connectivity index (χ1) is 9.72. The lowest BCUT2D eigenvalue weighted by Crippen LogP contribution is -2.46. The Hall–Kier alpha value is -0.770. The van der Waals surface area contributed by atoms with E-state index in [1.165, 1.54) is 32.1 Å². The van der Waals surface area contributed by atoms with Crippen LogP contribution in [0, 0.1) is 11.8 Å². The second-order valence-corrected chi connectivity index (χ2v) is 6.18. The number of benzene rings is 1. The van der Waals surface area contributed by atoms with Gasteiger partial charge in [0, 0.05) is 5.02 Å². The number of ether oxygens (including phenoxy) is 1. The van der Waals surface area contributed by atoms with Crippen LogP contribution in [0.15, 0.2) is 24.3 Å². The molecule has 0 saturated heterocycles. The number of halogens is 1. The average Bonchev–Trinajstić information content (AvgIpc) is 2.50. The minimum Gasteiger partial charge on any atom is -0.492 e. The normalized spacial score (nSPS) is 24.4. The van der Waals surface area contributed by atoms with E-state index < -0.39 is 0 Å². The molecule has 1 saturated carbocycles. The van der Waals surface area contributed by atoms with E-state index in [2.05, 4.69) is 12.3 Å². The van der Waals surface area contributed by atoms with Gasteiger partial charge in [-0.3, -0.25) is 11.3 Å². The van der Waals surface area contributed by atoms with Crippen molar-refractivity contribution in [3.05, 3.63) is 29.3 Å². The van der Waals surface area contributed by atoms with Crippen molar-refractivity contribution in [2.24, 2.45) is 17.7 Å².